The van der Waals surface area contributed by atoms with Gasteiger partial charge in [-0.15, -0.1) is 11.3 Å². The Morgan fingerprint density at radius 1 is 1.45 bits per heavy atom. The van der Waals surface area contributed by atoms with Crippen LogP contribution >= 0.6 is 11.3 Å². The fourth-order valence-electron chi connectivity index (χ4n) is 3.17. The standard InChI is InChI=1S/C17H22N2O2S/c1-10-8-12(18)6-7-19(10)17(20)16-11(2)14-9-13(21-3)4-5-15(14)22-16/h4-5,9-10,12H,6-8,18H2,1-3H3/t10-,12+/m1/s1. The predicted molar refractivity (Wildman–Crippen MR) is 90.8 cm³/mol. The van der Waals surface area contributed by atoms with E-state index in [0.717, 1.165) is 45.7 Å². The van der Waals surface area contributed by atoms with E-state index < -0.39 is 0 Å². The lowest BCUT2D eigenvalue weighted by Crippen LogP contribution is -2.48. The van der Waals surface area contributed by atoms with E-state index in [0.29, 0.717) is 0 Å². The highest BCUT2D eigenvalue weighted by atomic mass is 32.1. The van der Waals surface area contributed by atoms with E-state index in [2.05, 4.69) is 6.92 Å². The van der Waals surface area contributed by atoms with Crippen LogP contribution in [0.5, 0.6) is 5.75 Å². The molecule has 22 heavy (non-hydrogen) atoms. The lowest BCUT2D eigenvalue weighted by Gasteiger charge is -2.36. The number of methoxy groups -OCH3 is 1. The first-order valence-corrected chi connectivity index (χ1v) is 8.46. The van der Waals surface area contributed by atoms with Gasteiger partial charge in [-0.1, -0.05) is 0 Å². The molecule has 1 fully saturated rings. The van der Waals surface area contributed by atoms with Gasteiger partial charge in [-0.3, -0.25) is 4.79 Å². The third kappa shape index (κ3) is 2.59. The van der Waals surface area contributed by atoms with Crippen molar-refractivity contribution in [2.24, 2.45) is 5.73 Å². The minimum Gasteiger partial charge on any atom is -0.497 e. The maximum absolute atomic E-state index is 12.9. The van der Waals surface area contributed by atoms with E-state index in [1.807, 2.05) is 30.0 Å². The second kappa shape index (κ2) is 5.89. The van der Waals surface area contributed by atoms with Crippen LogP contribution in [0, 0.1) is 6.92 Å². The van der Waals surface area contributed by atoms with Gasteiger partial charge in [0.15, 0.2) is 0 Å². The largest absolute Gasteiger partial charge is 0.497 e. The van der Waals surface area contributed by atoms with E-state index in [4.69, 9.17) is 10.5 Å². The number of hydrogen-bond acceptors (Lipinski definition) is 4. The Morgan fingerprint density at radius 2 is 2.23 bits per heavy atom. The first kappa shape index (κ1) is 15.3. The van der Waals surface area contributed by atoms with Crippen LogP contribution < -0.4 is 10.5 Å². The fraction of sp³-hybridized carbons (Fsp3) is 0.471. The third-order valence-electron chi connectivity index (χ3n) is 4.52. The number of likely N-dealkylation sites (tertiary alicyclic amines) is 1. The molecule has 0 unspecified atom stereocenters. The normalized spacial score (nSPS) is 22.1. The zero-order valence-electron chi connectivity index (χ0n) is 13.3. The molecule has 1 aliphatic heterocycles. The molecule has 2 N–H and O–H groups in total. The van der Waals surface area contributed by atoms with E-state index in [1.165, 1.54) is 0 Å². The van der Waals surface area contributed by atoms with Gasteiger partial charge in [0.1, 0.15) is 5.75 Å². The number of thiophene rings is 1. The molecule has 0 bridgehead atoms. The minimum atomic E-state index is 0.136. The van der Waals surface area contributed by atoms with Crippen LogP contribution in [0.1, 0.15) is 35.0 Å². The van der Waals surface area contributed by atoms with Gasteiger partial charge < -0.3 is 15.4 Å². The van der Waals surface area contributed by atoms with Gasteiger partial charge >= 0.3 is 0 Å². The lowest BCUT2D eigenvalue weighted by molar-refractivity contribution is 0.0623. The molecular formula is C17H22N2O2S. The smallest absolute Gasteiger partial charge is 0.264 e. The van der Waals surface area contributed by atoms with E-state index in [-0.39, 0.29) is 18.0 Å². The summed E-state index contributed by atoms with van der Waals surface area (Å²) in [5, 5.41) is 1.11. The Balaban J connectivity index is 1.95. The molecule has 3 rings (SSSR count). The Morgan fingerprint density at radius 3 is 2.91 bits per heavy atom. The summed E-state index contributed by atoms with van der Waals surface area (Å²) in [6.45, 7) is 4.85. The van der Waals surface area contributed by atoms with Gasteiger partial charge in [-0.2, -0.15) is 0 Å². The van der Waals surface area contributed by atoms with Crippen molar-refractivity contribution in [3.63, 3.8) is 0 Å². The van der Waals surface area contributed by atoms with Crippen LogP contribution in [0.2, 0.25) is 0 Å². The summed E-state index contributed by atoms with van der Waals surface area (Å²) in [6.07, 6.45) is 1.76. The first-order chi connectivity index (χ1) is 10.5. The molecule has 1 aromatic heterocycles. The monoisotopic (exact) mass is 318 g/mol. The summed E-state index contributed by atoms with van der Waals surface area (Å²) < 4.78 is 6.42. The molecule has 1 aliphatic rings. The molecule has 2 aromatic rings. The fourth-order valence-corrected chi connectivity index (χ4v) is 4.32. The number of rotatable bonds is 2. The van der Waals surface area contributed by atoms with Crippen molar-refractivity contribution in [3.8, 4) is 5.75 Å². The van der Waals surface area contributed by atoms with Gasteiger partial charge in [0.05, 0.1) is 12.0 Å². The van der Waals surface area contributed by atoms with Gasteiger partial charge in [0.2, 0.25) is 0 Å². The lowest BCUT2D eigenvalue weighted by atomic mass is 9.98. The first-order valence-electron chi connectivity index (χ1n) is 7.65. The number of benzene rings is 1. The van der Waals surface area contributed by atoms with Crippen LogP contribution in [0.3, 0.4) is 0 Å². The number of ether oxygens (including phenoxy) is 1. The summed E-state index contributed by atoms with van der Waals surface area (Å²) >= 11 is 1.57. The number of carbonyl (C=O) groups is 1. The van der Waals surface area contributed by atoms with Crippen molar-refractivity contribution in [2.45, 2.75) is 38.8 Å². The van der Waals surface area contributed by atoms with Crippen molar-refractivity contribution >= 4 is 27.3 Å². The molecule has 2 heterocycles. The number of fused-ring (bicyclic) bond motifs is 1. The van der Waals surface area contributed by atoms with Gasteiger partial charge in [0.25, 0.3) is 5.91 Å². The molecule has 118 valence electrons. The maximum atomic E-state index is 12.9. The number of carbonyl (C=O) groups excluding carboxylic acids is 1. The van der Waals surface area contributed by atoms with Crippen LogP contribution in [0.15, 0.2) is 18.2 Å². The van der Waals surface area contributed by atoms with Crippen molar-refractivity contribution < 1.29 is 9.53 Å². The molecule has 0 radical (unpaired) electrons. The average Bonchev–Trinajstić information content (AvgIpc) is 2.83. The quantitative estimate of drug-likeness (QED) is 0.925. The number of aryl methyl sites for hydroxylation is 1. The maximum Gasteiger partial charge on any atom is 0.264 e. The molecule has 0 spiro atoms. The Labute approximate surface area is 134 Å². The molecule has 1 amide bonds. The van der Waals surface area contributed by atoms with Gasteiger partial charge in [-0.25, -0.2) is 0 Å². The Hall–Kier alpha value is -1.59. The highest BCUT2D eigenvalue weighted by Gasteiger charge is 2.29. The SMILES string of the molecule is COc1ccc2sc(C(=O)N3CC[C@H](N)C[C@H]3C)c(C)c2c1. The van der Waals surface area contributed by atoms with Gasteiger partial charge in [0, 0.05) is 23.3 Å². The molecule has 0 aliphatic carbocycles. The summed E-state index contributed by atoms with van der Waals surface area (Å²) in [4.78, 5) is 15.7. The van der Waals surface area contributed by atoms with E-state index in [9.17, 15) is 4.79 Å². The molecule has 1 saturated heterocycles. The third-order valence-corrected chi connectivity index (χ3v) is 5.78. The second-order valence-corrected chi connectivity index (χ2v) is 7.10. The Kier molecular flexibility index (Phi) is 4.10. The zero-order chi connectivity index (χ0) is 15.9. The second-order valence-electron chi connectivity index (χ2n) is 6.05. The molecule has 0 saturated carbocycles. The van der Waals surface area contributed by atoms with Crippen LogP contribution in [0.4, 0.5) is 0 Å². The highest BCUT2D eigenvalue weighted by molar-refractivity contribution is 7.21. The van der Waals surface area contributed by atoms with Crippen molar-refractivity contribution in [2.75, 3.05) is 13.7 Å². The number of piperidine rings is 1. The zero-order valence-corrected chi connectivity index (χ0v) is 14.1. The van der Waals surface area contributed by atoms with Crippen LogP contribution in [-0.2, 0) is 0 Å². The minimum absolute atomic E-state index is 0.136. The van der Waals surface area contributed by atoms with Crippen LogP contribution in [0.25, 0.3) is 10.1 Å². The van der Waals surface area contributed by atoms with Crippen molar-refractivity contribution in [3.05, 3.63) is 28.6 Å². The number of nitrogens with two attached hydrogens (primary N) is 1. The topological polar surface area (TPSA) is 55.6 Å². The molecule has 5 heteroatoms. The average molecular weight is 318 g/mol. The number of amides is 1. The molecule has 2 atom stereocenters. The van der Waals surface area contributed by atoms with Crippen molar-refractivity contribution in [1.82, 2.24) is 4.90 Å². The summed E-state index contributed by atoms with van der Waals surface area (Å²) in [5.41, 5.74) is 7.05. The predicted octanol–water partition coefficient (Wildman–Crippen LogP) is 3.17. The van der Waals surface area contributed by atoms with E-state index in [1.54, 1.807) is 18.4 Å². The van der Waals surface area contributed by atoms with Gasteiger partial charge in [-0.05, 0) is 55.8 Å². The summed E-state index contributed by atoms with van der Waals surface area (Å²) in [7, 11) is 1.66. The Bertz CT molecular complexity index is 710. The number of hydrogen-bond donors (Lipinski definition) is 1. The molecule has 4 nitrogen and oxygen atoms in total. The van der Waals surface area contributed by atoms with Crippen LogP contribution in [-0.4, -0.2) is 36.5 Å². The highest BCUT2D eigenvalue weighted by Crippen LogP contribution is 2.35. The molecular weight excluding hydrogens is 296 g/mol. The van der Waals surface area contributed by atoms with E-state index >= 15 is 0 Å². The summed E-state index contributed by atoms with van der Waals surface area (Å²) in [6, 6.07) is 6.39. The summed E-state index contributed by atoms with van der Waals surface area (Å²) in [5.74, 6) is 0.960. The molecule has 1 aromatic carbocycles. The number of nitrogens with zero attached hydrogens (tertiary/aromatic N) is 1. The van der Waals surface area contributed by atoms with Crippen molar-refractivity contribution in [1.29, 1.82) is 0 Å².